The molecule has 0 saturated carbocycles. The second-order valence-electron chi connectivity index (χ2n) is 6.30. The number of pyridine rings is 1. The molecule has 1 saturated heterocycles. The van der Waals surface area contributed by atoms with E-state index >= 15 is 0 Å². The molecule has 0 bridgehead atoms. The van der Waals surface area contributed by atoms with Gasteiger partial charge >= 0.3 is 0 Å². The fourth-order valence-corrected chi connectivity index (χ4v) is 2.99. The minimum atomic E-state index is 0.831. The van der Waals surface area contributed by atoms with Crippen LogP contribution in [0.4, 0.5) is 5.82 Å². The number of nitrogens with zero attached hydrogens (tertiary/aromatic N) is 2. The van der Waals surface area contributed by atoms with Crippen molar-refractivity contribution in [3.63, 3.8) is 0 Å². The molecule has 3 nitrogen and oxygen atoms in total. The Morgan fingerprint density at radius 3 is 2.75 bits per heavy atom. The molecule has 1 N–H and O–H groups in total. The van der Waals surface area contributed by atoms with Crippen LogP contribution in [-0.4, -0.2) is 29.5 Å². The molecular weight excluding hydrogens is 246 g/mol. The van der Waals surface area contributed by atoms with Crippen LogP contribution in [0.25, 0.3) is 0 Å². The second kappa shape index (κ2) is 7.63. The fourth-order valence-electron chi connectivity index (χ4n) is 2.99. The first-order valence-electron chi connectivity index (χ1n) is 8.10. The van der Waals surface area contributed by atoms with Crippen molar-refractivity contribution in [1.29, 1.82) is 0 Å². The SMILES string of the molecule is CCCNc1ncccc1CN1CCC(C(C)C)CC1. The molecule has 112 valence electrons. The van der Waals surface area contributed by atoms with Crippen molar-refractivity contribution in [2.45, 2.75) is 46.6 Å². The zero-order valence-corrected chi connectivity index (χ0v) is 13.2. The average Bonchev–Trinajstić information content (AvgIpc) is 2.47. The van der Waals surface area contributed by atoms with Crippen molar-refractivity contribution < 1.29 is 0 Å². The van der Waals surface area contributed by atoms with Crippen molar-refractivity contribution in [1.82, 2.24) is 9.88 Å². The summed E-state index contributed by atoms with van der Waals surface area (Å²) >= 11 is 0. The number of rotatable bonds is 6. The van der Waals surface area contributed by atoms with E-state index in [4.69, 9.17) is 0 Å². The molecule has 0 spiro atoms. The van der Waals surface area contributed by atoms with Gasteiger partial charge in [0.1, 0.15) is 5.82 Å². The lowest BCUT2D eigenvalue weighted by molar-refractivity contribution is 0.152. The smallest absolute Gasteiger partial charge is 0.130 e. The van der Waals surface area contributed by atoms with Gasteiger partial charge in [-0.05, 0) is 50.3 Å². The Balaban J connectivity index is 1.90. The Morgan fingerprint density at radius 2 is 2.10 bits per heavy atom. The quantitative estimate of drug-likeness (QED) is 0.856. The molecule has 0 radical (unpaired) electrons. The number of likely N-dealkylation sites (tertiary alicyclic amines) is 1. The van der Waals surface area contributed by atoms with Gasteiger partial charge in [0.2, 0.25) is 0 Å². The van der Waals surface area contributed by atoms with Crippen LogP contribution < -0.4 is 5.32 Å². The molecule has 20 heavy (non-hydrogen) atoms. The van der Waals surface area contributed by atoms with E-state index in [9.17, 15) is 0 Å². The van der Waals surface area contributed by atoms with Crippen LogP contribution in [0.3, 0.4) is 0 Å². The normalized spacial score (nSPS) is 17.6. The minimum Gasteiger partial charge on any atom is -0.370 e. The Labute approximate surface area is 123 Å². The molecule has 1 aromatic rings. The predicted molar refractivity (Wildman–Crippen MR) is 85.9 cm³/mol. The molecule has 0 unspecified atom stereocenters. The molecule has 0 atom stereocenters. The van der Waals surface area contributed by atoms with Gasteiger partial charge in [-0.2, -0.15) is 0 Å². The number of aromatic nitrogens is 1. The second-order valence-corrected chi connectivity index (χ2v) is 6.30. The zero-order valence-electron chi connectivity index (χ0n) is 13.2. The summed E-state index contributed by atoms with van der Waals surface area (Å²) in [6, 6.07) is 4.26. The standard InChI is InChI=1S/C17H29N3/c1-4-9-18-17-16(6-5-10-19-17)13-20-11-7-15(8-12-20)14(2)3/h5-6,10,14-15H,4,7-9,11-13H2,1-3H3,(H,18,19). The molecule has 2 rings (SSSR count). The predicted octanol–water partition coefficient (Wildman–Crippen LogP) is 3.77. The highest BCUT2D eigenvalue weighted by Gasteiger charge is 2.22. The maximum atomic E-state index is 4.49. The lowest BCUT2D eigenvalue weighted by atomic mass is 9.86. The van der Waals surface area contributed by atoms with E-state index in [0.29, 0.717) is 0 Å². The largest absolute Gasteiger partial charge is 0.370 e. The molecule has 1 fully saturated rings. The van der Waals surface area contributed by atoms with E-state index in [-0.39, 0.29) is 0 Å². The van der Waals surface area contributed by atoms with Crippen LogP contribution in [0, 0.1) is 11.8 Å². The van der Waals surface area contributed by atoms with Crippen LogP contribution >= 0.6 is 0 Å². The first kappa shape index (κ1) is 15.3. The van der Waals surface area contributed by atoms with Crippen molar-refractivity contribution in [2.75, 3.05) is 25.0 Å². The van der Waals surface area contributed by atoms with Crippen LogP contribution in [0.5, 0.6) is 0 Å². The topological polar surface area (TPSA) is 28.2 Å². The van der Waals surface area contributed by atoms with Gasteiger partial charge in [0.15, 0.2) is 0 Å². The lowest BCUT2D eigenvalue weighted by Gasteiger charge is -2.34. The van der Waals surface area contributed by atoms with E-state index in [1.807, 2.05) is 12.3 Å². The minimum absolute atomic E-state index is 0.831. The molecule has 3 heteroatoms. The van der Waals surface area contributed by atoms with Gasteiger partial charge in [0, 0.05) is 24.8 Å². The summed E-state index contributed by atoms with van der Waals surface area (Å²) in [6.45, 7) is 11.4. The summed E-state index contributed by atoms with van der Waals surface area (Å²) in [7, 11) is 0. The first-order chi connectivity index (χ1) is 9.70. The van der Waals surface area contributed by atoms with Crippen LogP contribution in [0.15, 0.2) is 18.3 Å². The van der Waals surface area contributed by atoms with Crippen LogP contribution in [0.1, 0.15) is 45.6 Å². The average molecular weight is 275 g/mol. The summed E-state index contributed by atoms with van der Waals surface area (Å²) in [5.74, 6) is 2.82. The van der Waals surface area contributed by atoms with Crippen LogP contribution in [-0.2, 0) is 6.54 Å². The number of hydrogen-bond acceptors (Lipinski definition) is 3. The van der Waals surface area contributed by atoms with E-state index in [0.717, 1.165) is 37.2 Å². The summed E-state index contributed by atoms with van der Waals surface area (Å²) in [6.07, 6.45) is 5.70. The van der Waals surface area contributed by atoms with E-state index in [2.05, 4.69) is 42.0 Å². The Bertz CT molecular complexity index is 395. The summed E-state index contributed by atoms with van der Waals surface area (Å²) < 4.78 is 0. The first-order valence-corrected chi connectivity index (χ1v) is 8.10. The van der Waals surface area contributed by atoms with Gasteiger partial charge in [-0.25, -0.2) is 4.98 Å². The molecule has 1 aromatic heterocycles. The van der Waals surface area contributed by atoms with Crippen molar-refractivity contribution in [3.05, 3.63) is 23.9 Å². The highest BCUT2D eigenvalue weighted by Crippen LogP contribution is 2.26. The van der Waals surface area contributed by atoms with Crippen molar-refractivity contribution >= 4 is 5.82 Å². The molecule has 1 aliphatic rings. The number of anilines is 1. The third kappa shape index (κ3) is 4.20. The van der Waals surface area contributed by atoms with E-state index in [1.54, 1.807) is 0 Å². The van der Waals surface area contributed by atoms with Gasteiger partial charge in [0.25, 0.3) is 0 Å². The van der Waals surface area contributed by atoms with Crippen molar-refractivity contribution in [3.8, 4) is 0 Å². The maximum absolute atomic E-state index is 4.49. The molecule has 0 aliphatic carbocycles. The molecule has 1 aliphatic heterocycles. The van der Waals surface area contributed by atoms with Gasteiger partial charge in [-0.1, -0.05) is 26.8 Å². The monoisotopic (exact) mass is 275 g/mol. The molecule has 2 heterocycles. The molecule has 0 amide bonds. The Kier molecular flexibility index (Phi) is 5.84. The van der Waals surface area contributed by atoms with Crippen LogP contribution in [0.2, 0.25) is 0 Å². The molecular formula is C17H29N3. The van der Waals surface area contributed by atoms with Gasteiger partial charge in [-0.3, -0.25) is 4.90 Å². The van der Waals surface area contributed by atoms with Gasteiger partial charge in [0.05, 0.1) is 0 Å². The number of nitrogens with one attached hydrogen (secondary N) is 1. The Hall–Kier alpha value is -1.09. The van der Waals surface area contributed by atoms with Crippen molar-refractivity contribution in [2.24, 2.45) is 11.8 Å². The van der Waals surface area contributed by atoms with Gasteiger partial charge < -0.3 is 5.32 Å². The highest BCUT2D eigenvalue weighted by atomic mass is 15.1. The Morgan fingerprint density at radius 1 is 1.35 bits per heavy atom. The summed E-state index contributed by atoms with van der Waals surface area (Å²) in [5.41, 5.74) is 1.34. The third-order valence-electron chi connectivity index (χ3n) is 4.40. The zero-order chi connectivity index (χ0) is 14.4. The summed E-state index contributed by atoms with van der Waals surface area (Å²) in [5, 5.41) is 3.44. The highest BCUT2D eigenvalue weighted by molar-refractivity contribution is 5.43. The van der Waals surface area contributed by atoms with E-state index < -0.39 is 0 Å². The fraction of sp³-hybridized carbons (Fsp3) is 0.706. The molecule has 0 aromatic carbocycles. The van der Waals surface area contributed by atoms with E-state index in [1.165, 1.54) is 31.5 Å². The maximum Gasteiger partial charge on any atom is 0.130 e. The lowest BCUT2D eigenvalue weighted by Crippen LogP contribution is -2.35. The number of hydrogen-bond donors (Lipinski definition) is 1. The summed E-state index contributed by atoms with van der Waals surface area (Å²) in [4.78, 5) is 7.06. The van der Waals surface area contributed by atoms with Gasteiger partial charge in [-0.15, -0.1) is 0 Å². The number of piperidine rings is 1. The third-order valence-corrected chi connectivity index (χ3v) is 4.40.